The third kappa shape index (κ3) is 5.53. The highest BCUT2D eigenvalue weighted by Gasteiger charge is 2.41. The summed E-state index contributed by atoms with van der Waals surface area (Å²) in [7, 11) is 0. The molecular weight excluding hydrogens is 383 g/mol. The number of benzene rings is 2. The third-order valence-corrected chi connectivity index (χ3v) is 5.30. The molecule has 1 aliphatic heterocycles. The van der Waals surface area contributed by atoms with Crippen molar-refractivity contribution in [1.29, 1.82) is 0 Å². The molecule has 2 aromatic carbocycles. The molecule has 158 valence electrons. The average Bonchev–Trinajstić information content (AvgIpc) is 3.40. The summed E-state index contributed by atoms with van der Waals surface area (Å²) in [5.74, 6) is -0.959. The van der Waals surface area contributed by atoms with Gasteiger partial charge in [0.25, 0.3) is 0 Å². The molecule has 3 aromatic rings. The fourth-order valence-corrected chi connectivity index (χ4v) is 3.63. The molecule has 0 saturated carbocycles. The molecule has 30 heavy (non-hydrogen) atoms. The predicted octanol–water partition coefficient (Wildman–Crippen LogP) is 4.29. The number of aryl methyl sites for hydroxylation is 2. The zero-order valence-corrected chi connectivity index (χ0v) is 17.2. The lowest BCUT2D eigenvalue weighted by molar-refractivity contribution is -0.187. The highest BCUT2D eigenvalue weighted by Crippen LogP contribution is 2.31. The van der Waals surface area contributed by atoms with Crippen molar-refractivity contribution >= 4 is 0 Å². The van der Waals surface area contributed by atoms with Crippen LogP contribution in [-0.4, -0.2) is 34.7 Å². The van der Waals surface area contributed by atoms with Crippen LogP contribution >= 0.6 is 0 Å². The number of hydrogen-bond acceptors (Lipinski definition) is 4. The number of rotatable bonds is 9. The van der Waals surface area contributed by atoms with Crippen molar-refractivity contribution in [3.63, 3.8) is 0 Å². The molecule has 0 amide bonds. The first-order valence-corrected chi connectivity index (χ1v) is 10.3. The largest absolute Gasteiger partial charge is 0.374 e. The van der Waals surface area contributed by atoms with Crippen LogP contribution in [0.15, 0.2) is 67.3 Å². The Morgan fingerprint density at radius 1 is 1.13 bits per heavy atom. The van der Waals surface area contributed by atoms with Crippen molar-refractivity contribution in [2.45, 2.75) is 44.8 Å². The minimum atomic E-state index is -0.713. The van der Waals surface area contributed by atoms with Gasteiger partial charge in [-0.25, -0.2) is 9.37 Å². The quantitative estimate of drug-likeness (QED) is 0.528. The molecule has 0 N–H and O–H groups in total. The summed E-state index contributed by atoms with van der Waals surface area (Å²) in [5, 5.41) is 0. The molecule has 2 heterocycles. The van der Waals surface area contributed by atoms with Gasteiger partial charge in [-0.2, -0.15) is 0 Å². The fraction of sp³-hybridized carbons (Fsp3) is 0.375. The smallest absolute Gasteiger partial charge is 0.187 e. The van der Waals surface area contributed by atoms with Gasteiger partial charge in [-0.3, -0.25) is 0 Å². The Kier molecular flexibility index (Phi) is 6.57. The second-order valence-corrected chi connectivity index (χ2v) is 7.82. The van der Waals surface area contributed by atoms with Gasteiger partial charge in [0.05, 0.1) is 32.7 Å². The first-order chi connectivity index (χ1) is 14.6. The molecule has 2 atom stereocenters. The van der Waals surface area contributed by atoms with Crippen LogP contribution in [0.2, 0.25) is 0 Å². The summed E-state index contributed by atoms with van der Waals surface area (Å²) < 4.78 is 33.4. The van der Waals surface area contributed by atoms with Crippen LogP contribution in [0.3, 0.4) is 0 Å². The molecule has 0 bridgehead atoms. The summed E-state index contributed by atoms with van der Waals surface area (Å²) >= 11 is 0. The Labute approximate surface area is 176 Å². The molecule has 2 unspecified atom stereocenters. The third-order valence-electron chi connectivity index (χ3n) is 5.30. The van der Waals surface area contributed by atoms with Gasteiger partial charge < -0.3 is 18.8 Å². The highest BCUT2D eigenvalue weighted by molar-refractivity contribution is 5.21. The van der Waals surface area contributed by atoms with E-state index >= 15 is 0 Å². The van der Waals surface area contributed by atoms with E-state index in [0.29, 0.717) is 26.4 Å². The first-order valence-electron chi connectivity index (χ1n) is 10.3. The summed E-state index contributed by atoms with van der Waals surface area (Å²) in [4.78, 5) is 4.13. The molecule has 0 radical (unpaired) electrons. The van der Waals surface area contributed by atoms with Crippen LogP contribution in [0.5, 0.6) is 0 Å². The molecular formula is C24H27FN2O3. The summed E-state index contributed by atoms with van der Waals surface area (Å²) in [6, 6.07) is 14.9. The second kappa shape index (κ2) is 9.51. The molecule has 0 spiro atoms. The van der Waals surface area contributed by atoms with E-state index in [-0.39, 0.29) is 11.9 Å². The van der Waals surface area contributed by atoms with E-state index in [4.69, 9.17) is 14.2 Å². The van der Waals surface area contributed by atoms with E-state index in [1.165, 1.54) is 23.3 Å². The van der Waals surface area contributed by atoms with Gasteiger partial charge >= 0.3 is 0 Å². The molecule has 1 aliphatic rings. The monoisotopic (exact) mass is 410 g/mol. The zero-order valence-electron chi connectivity index (χ0n) is 17.2. The molecule has 1 saturated heterocycles. The van der Waals surface area contributed by atoms with Crippen molar-refractivity contribution in [2.75, 3.05) is 13.2 Å². The van der Waals surface area contributed by atoms with Gasteiger partial charge in [-0.15, -0.1) is 0 Å². The van der Waals surface area contributed by atoms with E-state index in [0.717, 1.165) is 18.4 Å². The van der Waals surface area contributed by atoms with Gasteiger partial charge in [0, 0.05) is 18.8 Å². The van der Waals surface area contributed by atoms with E-state index in [2.05, 4.69) is 36.2 Å². The number of ether oxygens (including phenoxy) is 3. The minimum Gasteiger partial charge on any atom is -0.374 e. The maximum Gasteiger partial charge on any atom is 0.187 e. The molecule has 0 aliphatic carbocycles. The maximum atomic E-state index is 13.0. The van der Waals surface area contributed by atoms with Gasteiger partial charge in [0.1, 0.15) is 11.9 Å². The van der Waals surface area contributed by atoms with E-state index in [1.807, 2.05) is 10.8 Å². The Morgan fingerprint density at radius 2 is 1.90 bits per heavy atom. The molecule has 4 rings (SSSR count). The summed E-state index contributed by atoms with van der Waals surface area (Å²) in [6.07, 6.45) is 6.90. The van der Waals surface area contributed by atoms with Crippen molar-refractivity contribution in [2.24, 2.45) is 0 Å². The van der Waals surface area contributed by atoms with Crippen LogP contribution in [0.1, 0.15) is 23.1 Å². The molecule has 1 aromatic heterocycles. The van der Waals surface area contributed by atoms with E-state index < -0.39 is 5.79 Å². The van der Waals surface area contributed by atoms with Gasteiger partial charge in [0.15, 0.2) is 5.79 Å². The van der Waals surface area contributed by atoms with Crippen LogP contribution in [0.4, 0.5) is 4.39 Å². The van der Waals surface area contributed by atoms with E-state index in [9.17, 15) is 4.39 Å². The fourth-order valence-electron chi connectivity index (χ4n) is 3.63. The van der Waals surface area contributed by atoms with Crippen molar-refractivity contribution in [1.82, 2.24) is 9.55 Å². The maximum absolute atomic E-state index is 13.0. The number of imidazole rings is 1. The lowest BCUT2D eigenvalue weighted by Crippen LogP contribution is -2.37. The Balaban J connectivity index is 1.35. The zero-order chi connectivity index (χ0) is 20.8. The van der Waals surface area contributed by atoms with Gasteiger partial charge in [0.2, 0.25) is 0 Å². The van der Waals surface area contributed by atoms with Gasteiger partial charge in [-0.05, 0) is 36.6 Å². The van der Waals surface area contributed by atoms with Crippen LogP contribution in [0, 0.1) is 12.7 Å². The van der Waals surface area contributed by atoms with Crippen LogP contribution in [0.25, 0.3) is 0 Å². The Hall–Kier alpha value is -2.54. The van der Waals surface area contributed by atoms with Crippen LogP contribution in [-0.2, 0) is 33.8 Å². The minimum absolute atomic E-state index is 0.146. The summed E-state index contributed by atoms with van der Waals surface area (Å²) in [6.45, 7) is 3.98. The topological polar surface area (TPSA) is 45.5 Å². The lowest BCUT2D eigenvalue weighted by atomic mass is 10.0. The van der Waals surface area contributed by atoms with Crippen LogP contribution < -0.4 is 0 Å². The summed E-state index contributed by atoms with van der Waals surface area (Å²) in [5.41, 5.74) is 3.44. The second-order valence-electron chi connectivity index (χ2n) is 7.82. The normalized spacial score (nSPS) is 21.2. The average molecular weight is 410 g/mol. The van der Waals surface area contributed by atoms with Gasteiger partial charge in [-0.1, -0.05) is 42.0 Å². The van der Waals surface area contributed by atoms with Crippen molar-refractivity contribution < 1.29 is 18.6 Å². The molecule has 5 nitrogen and oxygen atoms in total. The predicted molar refractivity (Wildman–Crippen MR) is 111 cm³/mol. The molecule has 6 heteroatoms. The number of hydrogen-bond donors (Lipinski definition) is 0. The lowest BCUT2D eigenvalue weighted by Gasteiger charge is -2.28. The van der Waals surface area contributed by atoms with E-state index in [1.54, 1.807) is 24.7 Å². The highest BCUT2D eigenvalue weighted by atomic mass is 19.1. The SMILES string of the molecule is Cc1ccc(CCC2(Cn3ccnc3)OCC(COCc3ccc(F)cc3)O2)cc1. The Morgan fingerprint density at radius 3 is 2.63 bits per heavy atom. The number of aromatic nitrogens is 2. The first kappa shape index (κ1) is 20.7. The standard InChI is InChI=1S/C24H27FN2O3/c1-19-2-4-20(5-3-19)10-11-24(17-27-13-12-26-18-27)29-16-23(30-24)15-28-14-21-6-8-22(25)9-7-21/h2-9,12-13,18,23H,10-11,14-17H2,1H3. The Bertz CT molecular complexity index is 913. The number of nitrogens with zero attached hydrogens (tertiary/aromatic N) is 2. The van der Waals surface area contributed by atoms with Crippen molar-refractivity contribution in [3.8, 4) is 0 Å². The van der Waals surface area contributed by atoms with Crippen molar-refractivity contribution in [3.05, 3.63) is 89.8 Å². The molecule has 1 fully saturated rings. The number of halogens is 1.